The Morgan fingerprint density at radius 1 is 1.38 bits per heavy atom. The molecule has 8 heteroatoms. The fourth-order valence-electron chi connectivity index (χ4n) is 3.73. The maximum atomic E-state index is 12.6. The van der Waals surface area contributed by atoms with E-state index in [1.54, 1.807) is 13.0 Å². The van der Waals surface area contributed by atoms with Crippen molar-refractivity contribution in [3.63, 3.8) is 0 Å². The second kappa shape index (κ2) is 5.56. The van der Waals surface area contributed by atoms with Crippen LogP contribution >= 0.6 is 0 Å². The SMILES string of the molecule is Cc1cc(C(=O)N2CC3(C2)[C@H](COCC2CC2)CCS3(=O)=O)on1. The van der Waals surface area contributed by atoms with E-state index in [-0.39, 0.29) is 36.4 Å². The highest BCUT2D eigenvalue weighted by atomic mass is 32.2. The summed E-state index contributed by atoms with van der Waals surface area (Å²) in [7, 11) is -3.20. The maximum Gasteiger partial charge on any atom is 0.292 e. The number of sulfone groups is 1. The molecule has 3 heterocycles. The zero-order valence-electron chi connectivity index (χ0n) is 13.7. The number of rotatable bonds is 5. The molecule has 1 amide bonds. The van der Waals surface area contributed by atoms with Gasteiger partial charge < -0.3 is 14.2 Å². The van der Waals surface area contributed by atoms with E-state index in [0.29, 0.717) is 24.6 Å². The molecule has 1 aromatic heterocycles. The molecule has 3 aliphatic rings. The summed E-state index contributed by atoms with van der Waals surface area (Å²) in [6, 6.07) is 1.58. The molecule has 1 atom stereocenters. The Bertz CT molecular complexity index is 746. The van der Waals surface area contributed by atoms with Crippen molar-refractivity contribution in [1.82, 2.24) is 10.1 Å². The zero-order chi connectivity index (χ0) is 16.9. The number of carbonyl (C=O) groups is 1. The topological polar surface area (TPSA) is 89.7 Å². The molecule has 0 aromatic carbocycles. The molecule has 0 unspecified atom stereocenters. The van der Waals surface area contributed by atoms with Crippen molar-refractivity contribution in [3.05, 3.63) is 17.5 Å². The summed E-state index contributed by atoms with van der Waals surface area (Å²) in [5, 5.41) is 3.71. The molecule has 0 radical (unpaired) electrons. The van der Waals surface area contributed by atoms with Gasteiger partial charge >= 0.3 is 0 Å². The zero-order valence-corrected chi connectivity index (χ0v) is 14.5. The van der Waals surface area contributed by atoms with Crippen LogP contribution in [-0.4, -0.2) is 61.2 Å². The lowest BCUT2D eigenvalue weighted by atomic mass is 9.83. The molecule has 24 heavy (non-hydrogen) atoms. The number of aromatic nitrogens is 1. The van der Waals surface area contributed by atoms with Crippen LogP contribution in [0.5, 0.6) is 0 Å². The van der Waals surface area contributed by atoms with Crippen LogP contribution in [0.15, 0.2) is 10.6 Å². The van der Waals surface area contributed by atoms with Crippen LogP contribution in [0.3, 0.4) is 0 Å². The Labute approximate surface area is 141 Å². The summed E-state index contributed by atoms with van der Waals surface area (Å²) in [6.45, 7) is 3.40. The molecular formula is C16H22N2O5S. The van der Waals surface area contributed by atoms with Crippen molar-refractivity contribution >= 4 is 15.7 Å². The van der Waals surface area contributed by atoms with Gasteiger partial charge in [-0.1, -0.05) is 5.16 Å². The summed E-state index contributed by atoms with van der Waals surface area (Å²) < 4.78 is 35.0. The minimum atomic E-state index is -3.20. The van der Waals surface area contributed by atoms with Crippen molar-refractivity contribution < 1.29 is 22.5 Å². The molecule has 2 aliphatic heterocycles. The van der Waals surface area contributed by atoms with E-state index < -0.39 is 14.6 Å². The van der Waals surface area contributed by atoms with Crippen LogP contribution in [-0.2, 0) is 14.6 Å². The monoisotopic (exact) mass is 354 g/mol. The van der Waals surface area contributed by atoms with Gasteiger partial charge in [-0.3, -0.25) is 4.79 Å². The highest BCUT2D eigenvalue weighted by Gasteiger charge is 2.62. The highest BCUT2D eigenvalue weighted by Crippen LogP contribution is 2.45. The predicted octanol–water partition coefficient (Wildman–Crippen LogP) is 1.04. The van der Waals surface area contributed by atoms with Crippen LogP contribution in [0.2, 0.25) is 0 Å². The largest absolute Gasteiger partial charge is 0.381 e. The predicted molar refractivity (Wildman–Crippen MR) is 85.3 cm³/mol. The van der Waals surface area contributed by atoms with Gasteiger partial charge in [0, 0.05) is 31.7 Å². The number of hydrogen-bond donors (Lipinski definition) is 0. The van der Waals surface area contributed by atoms with Gasteiger partial charge in [0.1, 0.15) is 4.75 Å². The Hall–Kier alpha value is -1.41. The lowest BCUT2D eigenvalue weighted by Gasteiger charge is -2.49. The van der Waals surface area contributed by atoms with Crippen molar-refractivity contribution in [2.24, 2.45) is 11.8 Å². The number of likely N-dealkylation sites (tertiary alicyclic amines) is 1. The normalized spacial score (nSPS) is 27.4. The van der Waals surface area contributed by atoms with Crippen LogP contribution in [0, 0.1) is 18.8 Å². The molecule has 0 N–H and O–H groups in total. The maximum absolute atomic E-state index is 12.6. The van der Waals surface area contributed by atoms with Crippen LogP contribution in [0.1, 0.15) is 35.5 Å². The van der Waals surface area contributed by atoms with Gasteiger partial charge in [0.05, 0.1) is 18.1 Å². The summed E-state index contributed by atoms with van der Waals surface area (Å²) in [6.07, 6.45) is 3.05. The van der Waals surface area contributed by atoms with Gasteiger partial charge in [-0.25, -0.2) is 8.42 Å². The fraction of sp³-hybridized carbons (Fsp3) is 0.750. The smallest absolute Gasteiger partial charge is 0.292 e. The number of amides is 1. The molecule has 4 rings (SSSR count). The molecule has 3 fully saturated rings. The molecule has 1 spiro atoms. The minimum Gasteiger partial charge on any atom is -0.381 e. The van der Waals surface area contributed by atoms with Crippen LogP contribution in [0.25, 0.3) is 0 Å². The standard InChI is InChI=1S/C16H22N2O5S/c1-11-6-14(23-17-11)15(19)18-9-16(10-18)13(4-5-24(16,20)21)8-22-7-12-2-3-12/h6,12-13H,2-5,7-10H2,1H3/t13-/m0/s1. The fourth-order valence-corrected chi connectivity index (χ4v) is 6.13. The Morgan fingerprint density at radius 2 is 2.12 bits per heavy atom. The second-order valence-electron chi connectivity index (χ2n) is 7.34. The summed E-state index contributed by atoms with van der Waals surface area (Å²) in [4.78, 5) is 13.9. The van der Waals surface area contributed by atoms with Crippen molar-refractivity contribution in [3.8, 4) is 0 Å². The molecule has 1 aliphatic carbocycles. The molecule has 2 saturated heterocycles. The average Bonchev–Trinajstić information content (AvgIpc) is 3.14. The number of ether oxygens (including phenoxy) is 1. The molecule has 132 valence electrons. The lowest BCUT2D eigenvalue weighted by molar-refractivity contribution is 0.0206. The van der Waals surface area contributed by atoms with Gasteiger partial charge in [0.2, 0.25) is 5.76 Å². The first kappa shape index (κ1) is 16.1. The molecule has 7 nitrogen and oxygen atoms in total. The summed E-state index contributed by atoms with van der Waals surface area (Å²) >= 11 is 0. The lowest BCUT2D eigenvalue weighted by Crippen LogP contribution is -2.68. The number of hydrogen-bond acceptors (Lipinski definition) is 6. The summed E-state index contributed by atoms with van der Waals surface area (Å²) in [5.41, 5.74) is 0.633. The van der Waals surface area contributed by atoms with Crippen molar-refractivity contribution in [2.75, 3.05) is 32.1 Å². The third kappa shape index (κ3) is 2.56. The van der Waals surface area contributed by atoms with E-state index in [4.69, 9.17) is 9.26 Å². The van der Waals surface area contributed by atoms with Gasteiger partial charge in [0.15, 0.2) is 9.84 Å². The van der Waals surface area contributed by atoms with Crippen LogP contribution < -0.4 is 0 Å². The highest BCUT2D eigenvalue weighted by molar-refractivity contribution is 7.93. The van der Waals surface area contributed by atoms with Gasteiger partial charge in [-0.05, 0) is 32.1 Å². The van der Waals surface area contributed by atoms with Gasteiger partial charge in [0.25, 0.3) is 5.91 Å². The van der Waals surface area contributed by atoms with Crippen LogP contribution in [0.4, 0.5) is 0 Å². The minimum absolute atomic E-state index is 0.0261. The average molecular weight is 354 g/mol. The first-order chi connectivity index (χ1) is 11.4. The molecular weight excluding hydrogens is 332 g/mol. The van der Waals surface area contributed by atoms with E-state index in [0.717, 1.165) is 6.61 Å². The summed E-state index contributed by atoms with van der Waals surface area (Å²) in [5.74, 6) is 0.698. The Kier molecular flexibility index (Phi) is 3.72. The quantitative estimate of drug-likeness (QED) is 0.785. The first-order valence-electron chi connectivity index (χ1n) is 8.44. The van der Waals surface area contributed by atoms with Crippen molar-refractivity contribution in [2.45, 2.75) is 30.9 Å². The number of aryl methyl sites for hydroxylation is 1. The third-order valence-corrected chi connectivity index (χ3v) is 8.11. The van der Waals surface area contributed by atoms with Gasteiger partial charge in [-0.15, -0.1) is 0 Å². The van der Waals surface area contributed by atoms with E-state index in [1.165, 1.54) is 17.7 Å². The number of nitrogens with zero attached hydrogens (tertiary/aromatic N) is 2. The molecule has 0 bridgehead atoms. The molecule has 1 aromatic rings. The van der Waals surface area contributed by atoms with E-state index in [1.807, 2.05) is 0 Å². The van der Waals surface area contributed by atoms with E-state index in [9.17, 15) is 13.2 Å². The Morgan fingerprint density at radius 3 is 2.75 bits per heavy atom. The Balaban J connectivity index is 1.43. The third-order valence-electron chi connectivity index (χ3n) is 5.51. The van der Waals surface area contributed by atoms with Gasteiger partial charge in [-0.2, -0.15) is 0 Å². The van der Waals surface area contributed by atoms with Crippen molar-refractivity contribution in [1.29, 1.82) is 0 Å². The van der Waals surface area contributed by atoms with E-state index in [2.05, 4.69) is 5.16 Å². The van der Waals surface area contributed by atoms with E-state index >= 15 is 0 Å². The molecule has 1 saturated carbocycles. The first-order valence-corrected chi connectivity index (χ1v) is 10.1. The second-order valence-corrected chi connectivity index (χ2v) is 9.79. The number of carbonyl (C=O) groups excluding carboxylic acids is 1.